The second-order valence-corrected chi connectivity index (χ2v) is 10.3. The van der Waals surface area contributed by atoms with Crippen LogP contribution in [0.3, 0.4) is 0 Å². The summed E-state index contributed by atoms with van der Waals surface area (Å²) in [5.41, 5.74) is 1.54. The maximum Gasteiger partial charge on any atom is 0.323 e. The largest absolute Gasteiger partial charge is 0.331 e. The van der Waals surface area contributed by atoms with Gasteiger partial charge in [-0.05, 0) is 79.6 Å². The summed E-state index contributed by atoms with van der Waals surface area (Å²) in [5, 5.41) is 2.61. The molecular weight excluding hydrogens is 352 g/mol. The number of hydrogen-bond donors (Lipinski definition) is 1. The van der Waals surface area contributed by atoms with Gasteiger partial charge in [0.15, 0.2) is 5.78 Å². The third-order valence-corrected chi connectivity index (χ3v) is 8.91. The van der Waals surface area contributed by atoms with E-state index in [-0.39, 0.29) is 28.7 Å². The van der Waals surface area contributed by atoms with E-state index in [1.54, 1.807) is 14.1 Å². The Hall–Kier alpha value is -1.65. The number of carbonyl (C=O) groups excluding carboxylic acids is 3. The van der Waals surface area contributed by atoms with Crippen LogP contribution in [0.15, 0.2) is 11.6 Å². The van der Waals surface area contributed by atoms with Crippen LogP contribution in [0.2, 0.25) is 0 Å². The summed E-state index contributed by atoms with van der Waals surface area (Å²) in [6.45, 7) is 4.68. The lowest BCUT2D eigenvalue weighted by atomic mass is 9.47. The average molecular weight is 387 g/mol. The van der Waals surface area contributed by atoms with E-state index in [4.69, 9.17) is 0 Å². The molecule has 3 saturated carbocycles. The lowest BCUT2D eigenvalue weighted by Gasteiger charge is -2.58. The molecule has 4 aliphatic carbocycles. The molecule has 4 aliphatic rings. The first kappa shape index (κ1) is 19.7. The third-order valence-electron chi connectivity index (χ3n) is 8.91. The van der Waals surface area contributed by atoms with Gasteiger partial charge in [0.1, 0.15) is 0 Å². The van der Waals surface area contributed by atoms with Crippen LogP contribution in [-0.4, -0.2) is 36.7 Å². The first-order valence-electron chi connectivity index (χ1n) is 10.9. The predicted molar refractivity (Wildman–Crippen MR) is 107 cm³/mol. The van der Waals surface area contributed by atoms with Crippen LogP contribution in [0.25, 0.3) is 0 Å². The molecule has 0 aromatic carbocycles. The average Bonchev–Trinajstić information content (AvgIpc) is 2.99. The monoisotopic (exact) mass is 386 g/mol. The van der Waals surface area contributed by atoms with Crippen molar-refractivity contribution in [3.8, 4) is 0 Å². The number of urea groups is 1. The molecule has 6 atom stereocenters. The Kier molecular flexibility index (Phi) is 4.71. The fraction of sp³-hybridized carbons (Fsp3) is 0.783. The van der Waals surface area contributed by atoms with Gasteiger partial charge in [0.05, 0.1) is 0 Å². The molecule has 3 amide bonds. The molecule has 28 heavy (non-hydrogen) atoms. The number of ketones is 1. The lowest BCUT2D eigenvalue weighted by Crippen LogP contribution is -2.52. The lowest BCUT2D eigenvalue weighted by molar-refractivity contribution is -0.131. The summed E-state index contributed by atoms with van der Waals surface area (Å²) in [4.78, 5) is 38.3. The molecule has 0 aromatic rings. The highest BCUT2D eigenvalue weighted by atomic mass is 16.2. The van der Waals surface area contributed by atoms with Gasteiger partial charge in [-0.2, -0.15) is 0 Å². The highest BCUT2D eigenvalue weighted by molar-refractivity contribution is 5.95. The van der Waals surface area contributed by atoms with E-state index >= 15 is 0 Å². The minimum atomic E-state index is -0.322. The predicted octanol–water partition coefficient (Wildman–Crippen LogP) is 3.93. The Morgan fingerprint density at radius 1 is 1.04 bits per heavy atom. The molecule has 0 aromatic heterocycles. The zero-order chi connectivity index (χ0) is 20.3. The highest BCUT2D eigenvalue weighted by Gasteiger charge is 2.60. The number of allylic oxidation sites excluding steroid dienone is 1. The normalized spacial score (nSPS) is 42.0. The summed E-state index contributed by atoms with van der Waals surface area (Å²) in [5.74, 6) is 1.95. The third kappa shape index (κ3) is 2.84. The Labute approximate surface area is 168 Å². The van der Waals surface area contributed by atoms with Crippen LogP contribution in [0, 0.1) is 34.5 Å². The first-order chi connectivity index (χ1) is 13.2. The number of rotatable bonds is 1. The van der Waals surface area contributed by atoms with Crippen molar-refractivity contribution in [1.29, 1.82) is 0 Å². The molecule has 4 rings (SSSR count). The zero-order valence-electron chi connectivity index (χ0n) is 17.7. The molecule has 0 radical (unpaired) electrons. The van der Waals surface area contributed by atoms with Crippen LogP contribution < -0.4 is 5.32 Å². The summed E-state index contributed by atoms with van der Waals surface area (Å²) in [6.07, 6.45) is 9.94. The standard InChI is InChI=1S/C23H34N2O3/c1-22-11-9-15(26)13-14(22)5-6-16-17-7-8-19(20(27)24-21(28)25(3)4)23(17,2)12-10-18(16)22/h13,16-19H,5-12H2,1-4H3,(H,24,27,28)/t16-,17-,18-,19+,22-,23-/m0/s1. The van der Waals surface area contributed by atoms with Crippen LogP contribution in [-0.2, 0) is 9.59 Å². The molecule has 3 fully saturated rings. The van der Waals surface area contributed by atoms with E-state index in [1.807, 2.05) is 6.08 Å². The summed E-state index contributed by atoms with van der Waals surface area (Å²) in [6, 6.07) is -0.322. The van der Waals surface area contributed by atoms with E-state index < -0.39 is 0 Å². The van der Waals surface area contributed by atoms with E-state index in [0.717, 1.165) is 44.9 Å². The topological polar surface area (TPSA) is 66.5 Å². The van der Waals surface area contributed by atoms with Crippen LogP contribution in [0.1, 0.15) is 65.2 Å². The molecule has 0 unspecified atom stereocenters. The Morgan fingerprint density at radius 2 is 1.79 bits per heavy atom. The van der Waals surface area contributed by atoms with Gasteiger partial charge in [0.25, 0.3) is 0 Å². The molecule has 0 spiro atoms. The van der Waals surface area contributed by atoms with Gasteiger partial charge in [-0.3, -0.25) is 14.9 Å². The smallest absolute Gasteiger partial charge is 0.323 e. The first-order valence-corrected chi connectivity index (χ1v) is 10.9. The summed E-state index contributed by atoms with van der Waals surface area (Å²) < 4.78 is 0. The summed E-state index contributed by atoms with van der Waals surface area (Å²) >= 11 is 0. The number of carbonyl (C=O) groups is 3. The second kappa shape index (κ2) is 6.70. The van der Waals surface area contributed by atoms with E-state index in [2.05, 4.69) is 19.2 Å². The Morgan fingerprint density at radius 3 is 2.50 bits per heavy atom. The van der Waals surface area contributed by atoms with Crippen LogP contribution >= 0.6 is 0 Å². The molecule has 154 valence electrons. The molecule has 0 heterocycles. The number of fused-ring (bicyclic) bond motifs is 5. The van der Waals surface area contributed by atoms with Crippen molar-refractivity contribution in [3.63, 3.8) is 0 Å². The quantitative estimate of drug-likeness (QED) is 0.742. The van der Waals surface area contributed by atoms with Gasteiger partial charge in [-0.1, -0.05) is 19.4 Å². The van der Waals surface area contributed by atoms with Gasteiger partial charge in [-0.25, -0.2) is 4.79 Å². The van der Waals surface area contributed by atoms with E-state index in [9.17, 15) is 14.4 Å². The van der Waals surface area contributed by atoms with Gasteiger partial charge in [0.2, 0.25) is 5.91 Å². The fourth-order valence-corrected chi connectivity index (χ4v) is 7.29. The molecule has 0 bridgehead atoms. The molecule has 5 heteroatoms. The van der Waals surface area contributed by atoms with Crippen molar-refractivity contribution >= 4 is 17.7 Å². The van der Waals surface area contributed by atoms with Crippen molar-refractivity contribution < 1.29 is 14.4 Å². The van der Waals surface area contributed by atoms with Gasteiger partial charge in [-0.15, -0.1) is 0 Å². The molecule has 5 nitrogen and oxygen atoms in total. The van der Waals surface area contributed by atoms with Crippen LogP contribution in [0.5, 0.6) is 0 Å². The number of imide groups is 1. The van der Waals surface area contributed by atoms with Crippen molar-refractivity contribution in [1.82, 2.24) is 10.2 Å². The number of hydrogen-bond acceptors (Lipinski definition) is 3. The maximum atomic E-state index is 12.9. The van der Waals surface area contributed by atoms with Crippen molar-refractivity contribution in [2.75, 3.05) is 14.1 Å². The Balaban J connectivity index is 1.56. The van der Waals surface area contributed by atoms with E-state index in [0.29, 0.717) is 30.0 Å². The van der Waals surface area contributed by atoms with Crippen molar-refractivity contribution in [2.45, 2.75) is 65.2 Å². The molecule has 0 saturated heterocycles. The zero-order valence-corrected chi connectivity index (χ0v) is 17.7. The van der Waals surface area contributed by atoms with E-state index in [1.165, 1.54) is 10.5 Å². The maximum absolute atomic E-state index is 12.9. The minimum Gasteiger partial charge on any atom is -0.331 e. The van der Waals surface area contributed by atoms with Crippen molar-refractivity contribution in [2.24, 2.45) is 34.5 Å². The fourth-order valence-electron chi connectivity index (χ4n) is 7.29. The number of amides is 3. The second-order valence-electron chi connectivity index (χ2n) is 10.3. The Bertz CT molecular complexity index is 742. The number of nitrogens with one attached hydrogen (secondary N) is 1. The number of nitrogens with zero attached hydrogens (tertiary/aromatic N) is 1. The van der Waals surface area contributed by atoms with Gasteiger partial charge < -0.3 is 4.90 Å². The van der Waals surface area contributed by atoms with Gasteiger partial charge in [0, 0.05) is 26.4 Å². The van der Waals surface area contributed by atoms with Crippen LogP contribution in [0.4, 0.5) is 4.79 Å². The summed E-state index contributed by atoms with van der Waals surface area (Å²) in [7, 11) is 3.32. The minimum absolute atomic E-state index is 0.0140. The SMILES string of the molecule is CN(C)C(=O)NC(=O)[C@H]1CC[C@H]2[C@@H]3CCC4=CC(=O)CC[C@]4(C)[C@H]3CC[C@]12C. The molecule has 0 aliphatic heterocycles. The van der Waals surface area contributed by atoms with Gasteiger partial charge >= 0.3 is 6.03 Å². The van der Waals surface area contributed by atoms with Crippen molar-refractivity contribution in [3.05, 3.63) is 11.6 Å². The molecular formula is C23H34N2O3. The molecule has 1 N–H and O–H groups in total. The highest BCUT2D eigenvalue weighted by Crippen LogP contribution is 2.66.